The van der Waals surface area contributed by atoms with Gasteiger partial charge >= 0.3 is 0 Å². The van der Waals surface area contributed by atoms with Crippen molar-refractivity contribution in [1.82, 2.24) is 4.72 Å². The summed E-state index contributed by atoms with van der Waals surface area (Å²) in [5.74, 6) is 0.163. The van der Waals surface area contributed by atoms with Crippen molar-refractivity contribution in [3.8, 4) is 0 Å². The van der Waals surface area contributed by atoms with Crippen LogP contribution in [0.5, 0.6) is 0 Å². The number of hydrogen-bond acceptors (Lipinski definition) is 4. The summed E-state index contributed by atoms with van der Waals surface area (Å²) >= 11 is 1.55. The van der Waals surface area contributed by atoms with Gasteiger partial charge in [-0.3, -0.25) is 0 Å². The Morgan fingerprint density at radius 2 is 2.18 bits per heavy atom. The average Bonchev–Trinajstić information content (AvgIpc) is 2.76. The number of nitrogens with one attached hydrogen (secondary N) is 1. The van der Waals surface area contributed by atoms with E-state index in [1.54, 1.807) is 11.3 Å². The largest absolute Gasteiger partial charge is 0.396 e. The maximum Gasteiger partial charge on any atom is 0.212 e. The van der Waals surface area contributed by atoms with E-state index in [2.05, 4.69) is 4.72 Å². The first-order valence-corrected chi connectivity index (χ1v) is 8.13. The number of aliphatic hydroxyl groups excluding tert-OH is 1. The normalized spacial score (nSPS) is 14.1. The summed E-state index contributed by atoms with van der Waals surface area (Å²) in [6, 6.07) is 3.67. The Balaban J connectivity index is 2.75. The number of aliphatic hydroxyl groups is 1. The maximum absolute atomic E-state index is 11.8. The van der Waals surface area contributed by atoms with E-state index in [9.17, 15) is 8.42 Å². The monoisotopic (exact) mass is 277 g/mol. The Morgan fingerprint density at radius 3 is 2.65 bits per heavy atom. The predicted molar refractivity (Wildman–Crippen MR) is 70.5 cm³/mol. The third-order valence-electron chi connectivity index (χ3n) is 2.39. The van der Waals surface area contributed by atoms with Crippen LogP contribution in [0.15, 0.2) is 17.5 Å². The number of thiophene rings is 1. The molecule has 0 fully saturated rings. The zero-order chi connectivity index (χ0) is 12.9. The minimum atomic E-state index is -3.32. The van der Waals surface area contributed by atoms with Crippen molar-refractivity contribution >= 4 is 21.4 Å². The standard InChI is InChI=1S/C11H19NO3S2/c1-9(2)11(10-5-3-7-16-10)12-17(14,15)8-4-6-13/h3,5,7,9,11-13H,4,6,8H2,1-2H3. The van der Waals surface area contributed by atoms with E-state index in [1.165, 1.54) is 0 Å². The van der Waals surface area contributed by atoms with Crippen molar-refractivity contribution in [2.24, 2.45) is 5.92 Å². The van der Waals surface area contributed by atoms with Gasteiger partial charge in [0.25, 0.3) is 0 Å². The van der Waals surface area contributed by atoms with Crippen molar-refractivity contribution in [1.29, 1.82) is 0 Å². The van der Waals surface area contributed by atoms with Gasteiger partial charge in [0.1, 0.15) is 0 Å². The Kier molecular flexibility index (Phi) is 5.58. The van der Waals surface area contributed by atoms with Crippen molar-refractivity contribution in [3.05, 3.63) is 22.4 Å². The lowest BCUT2D eigenvalue weighted by atomic mass is 10.0. The summed E-state index contributed by atoms with van der Waals surface area (Å²) in [4.78, 5) is 1.02. The number of rotatable bonds is 7. The highest BCUT2D eigenvalue weighted by Gasteiger charge is 2.22. The molecule has 0 spiro atoms. The van der Waals surface area contributed by atoms with E-state index >= 15 is 0 Å². The van der Waals surface area contributed by atoms with Crippen LogP contribution in [-0.2, 0) is 10.0 Å². The Hall–Kier alpha value is -0.430. The van der Waals surface area contributed by atoms with Gasteiger partial charge in [0.15, 0.2) is 0 Å². The van der Waals surface area contributed by atoms with E-state index in [-0.39, 0.29) is 30.7 Å². The van der Waals surface area contributed by atoms with Crippen LogP contribution < -0.4 is 4.72 Å². The topological polar surface area (TPSA) is 66.4 Å². The van der Waals surface area contributed by atoms with Gasteiger partial charge in [-0.15, -0.1) is 11.3 Å². The highest BCUT2D eigenvalue weighted by molar-refractivity contribution is 7.89. The molecular formula is C11H19NO3S2. The van der Waals surface area contributed by atoms with Crippen LogP contribution in [0.3, 0.4) is 0 Å². The summed E-state index contributed by atoms with van der Waals surface area (Å²) in [5, 5.41) is 10.6. The zero-order valence-electron chi connectivity index (χ0n) is 10.1. The van der Waals surface area contributed by atoms with Crippen LogP contribution in [0, 0.1) is 5.92 Å². The molecule has 0 saturated heterocycles. The Labute approximate surface area is 107 Å². The van der Waals surface area contributed by atoms with Crippen LogP contribution >= 0.6 is 11.3 Å². The minimum absolute atomic E-state index is 0.0297. The average molecular weight is 277 g/mol. The van der Waals surface area contributed by atoms with E-state index in [0.717, 1.165) is 4.88 Å². The molecule has 0 aliphatic heterocycles. The molecule has 17 heavy (non-hydrogen) atoms. The maximum atomic E-state index is 11.8. The van der Waals surface area contributed by atoms with E-state index < -0.39 is 10.0 Å². The lowest BCUT2D eigenvalue weighted by Gasteiger charge is -2.21. The molecule has 0 radical (unpaired) electrons. The molecule has 0 saturated carbocycles. The second-order valence-electron chi connectivity index (χ2n) is 4.25. The number of hydrogen-bond donors (Lipinski definition) is 2. The summed E-state index contributed by atoms with van der Waals surface area (Å²) < 4.78 is 26.3. The first kappa shape index (κ1) is 14.6. The molecule has 1 heterocycles. The molecule has 1 atom stereocenters. The highest BCUT2D eigenvalue weighted by Crippen LogP contribution is 2.26. The van der Waals surface area contributed by atoms with Crippen molar-refractivity contribution < 1.29 is 13.5 Å². The molecule has 98 valence electrons. The molecule has 6 heteroatoms. The molecule has 1 rings (SSSR count). The second kappa shape index (κ2) is 6.49. The van der Waals surface area contributed by atoms with Gasteiger partial charge in [-0.05, 0) is 23.8 Å². The van der Waals surface area contributed by atoms with Gasteiger partial charge in [0.2, 0.25) is 10.0 Å². The van der Waals surface area contributed by atoms with Gasteiger partial charge in [-0.1, -0.05) is 19.9 Å². The van der Waals surface area contributed by atoms with Gasteiger partial charge in [-0.2, -0.15) is 0 Å². The third kappa shape index (κ3) is 4.75. The Bertz CT molecular complexity index is 412. The molecule has 0 aromatic carbocycles. The predicted octanol–water partition coefficient (Wildman–Crippen LogP) is 1.75. The summed E-state index contributed by atoms with van der Waals surface area (Å²) in [5.41, 5.74) is 0. The molecule has 0 aliphatic carbocycles. The van der Waals surface area contributed by atoms with Crippen LogP contribution in [0.4, 0.5) is 0 Å². The quantitative estimate of drug-likeness (QED) is 0.798. The van der Waals surface area contributed by atoms with Gasteiger partial charge in [0, 0.05) is 11.5 Å². The smallest absolute Gasteiger partial charge is 0.212 e. The van der Waals surface area contributed by atoms with Crippen LogP contribution in [0.2, 0.25) is 0 Å². The molecule has 0 aliphatic rings. The van der Waals surface area contributed by atoms with Gasteiger partial charge in [0.05, 0.1) is 11.8 Å². The van der Waals surface area contributed by atoms with Crippen molar-refractivity contribution in [2.45, 2.75) is 26.3 Å². The summed E-state index contributed by atoms with van der Waals surface area (Å²) in [6.45, 7) is 3.87. The van der Waals surface area contributed by atoms with Crippen LogP contribution in [0.1, 0.15) is 31.2 Å². The lowest BCUT2D eigenvalue weighted by Crippen LogP contribution is -2.33. The lowest BCUT2D eigenvalue weighted by molar-refractivity contribution is 0.295. The molecule has 1 unspecified atom stereocenters. The first-order chi connectivity index (χ1) is 7.96. The molecule has 4 nitrogen and oxygen atoms in total. The molecule has 1 aromatic heterocycles. The summed E-state index contributed by atoms with van der Waals surface area (Å²) in [7, 11) is -3.32. The molecular weight excluding hydrogens is 258 g/mol. The SMILES string of the molecule is CC(C)C(NS(=O)(=O)CCCO)c1cccs1. The number of sulfonamides is 1. The van der Waals surface area contributed by atoms with E-state index in [4.69, 9.17) is 5.11 Å². The molecule has 2 N–H and O–H groups in total. The van der Waals surface area contributed by atoms with E-state index in [1.807, 2.05) is 31.4 Å². The van der Waals surface area contributed by atoms with Gasteiger partial charge < -0.3 is 5.11 Å². The fourth-order valence-electron chi connectivity index (χ4n) is 1.50. The van der Waals surface area contributed by atoms with Gasteiger partial charge in [-0.25, -0.2) is 13.1 Å². The zero-order valence-corrected chi connectivity index (χ0v) is 11.7. The fourth-order valence-corrected chi connectivity index (χ4v) is 3.93. The molecule has 0 amide bonds. The van der Waals surface area contributed by atoms with E-state index in [0.29, 0.717) is 0 Å². The third-order valence-corrected chi connectivity index (χ3v) is 4.79. The Morgan fingerprint density at radius 1 is 1.47 bits per heavy atom. The van der Waals surface area contributed by atoms with Crippen molar-refractivity contribution in [2.75, 3.05) is 12.4 Å². The van der Waals surface area contributed by atoms with Crippen LogP contribution in [0.25, 0.3) is 0 Å². The first-order valence-electron chi connectivity index (χ1n) is 5.60. The van der Waals surface area contributed by atoms with Crippen molar-refractivity contribution in [3.63, 3.8) is 0 Å². The minimum Gasteiger partial charge on any atom is -0.396 e. The highest BCUT2D eigenvalue weighted by atomic mass is 32.2. The molecule has 1 aromatic rings. The fraction of sp³-hybridized carbons (Fsp3) is 0.636. The second-order valence-corrected chi connectivity index (χ2v) is 7.10. The summed E-state index contributed by atoms with van der Waals surface area (Å²) in [6.07, 6.45) is 0.268. The molecule has 0 bridgehead atoms. The van der Waals surface area contributed by atoms with Crippen LogP contribution in [-0.4, -0.2) is 25.9 Å².